The molecule has 3 nitrogen and oxygen atoms in total. The Labute approximate surface area is 373 Å². The van der Waals surface area contributed by atoms with Gasteiger partial charge in [-0.2, -0.15) is 0 Å². The SMILES string of the molecule is c1ccc(-c2nc(-c3ccc(-c4ccc(-c5cc6ccc7ccccc7c6c6sc7ccccc7c56)cc4)cc3)cc(-c3cccc(-n4c5ccccc5c5ccccc54)c3)n2)cc1. The van der Waals surface area contributed by atoms with Gasteiger partial charge in [0.2, 0.25) is 0 Å². The fourth-order valence-electron chi connectivity index (χ4n) is 9.75. The van der Waals surface area contributed by atoms with E-state index in [0.717, 1.165) is 39.3 Å². The zero-order chi connectivity index (χ0) is 42.1. The Morgan fingerprint density at radius 2 is 0.906 bits per heavy atom. The molecule has 0 atom stereocenters. The Morgan fingerprint density at radius 3 is 1.64 bits per heavy atom. The molecule has 0 aliphatic heterocycles. The van der Waals surface area contributed by atoms with Crippen molar-refractivity contribution in [2.45, 2.75) is 0 Å². The third-order valence-corrected chi connectivity index (χ3v) is 14.0. The fourth-order valence-corrected chi connectivity index (χ4v) is 11.0. The minimum Gasteiger partial charge on any atom is -0.309 e. The number of rotatable bonds is 6. The van der Waals surface area contributed by atoms with Crippen LogP contribution < -0.4 is 0 Å². The van der Waals surface area contributed by atoms with E-state index >= 15 is 0 Å². The maximum atomic E-state index is 5.19. The van der Waals surface area contributed by atoms with Crippen LogP contribution >= 0.6 is 11.3 Å². The minimum absolute atomic E-state index is 0.699. The van der Waals surface area contributed by atoms with Gasteiger partial charge in [0.15, 0.2) is 5.82 Å². The van der Waals surface area contributed by atoms with Crippen LogP contribution in [0.1, 0.15) is 0 Å². The van der Waals surface area contributed by atoms with Crippen molar-refractivity contribution in [3.8, 4) is 61.8 Å². The maximum absolute atomic E-state index is 5.19. The minimum atomic E-state index is 0.699. The van der Waals surface area contributed by atoms with E-state index in [2.05, 4.69) is 211 Å². The molecule has 3 aromatic heterocycles. The highest BCUT2D eigenvalue weighted by Crippen LogP contribution is 2.46. The molecule has 0 bridgehead atoms. The molecule has 0 saturated heterocycles. The molecular weight excluding hydrogens is 795 g/mol. The summed E-state index contributed by atoms with van der Waals surface area (Å²) in [5.74, 6) is 0.699. The number of para-hydroxylation sites is 2. The second-order valence-corrected chi connectivity index (χ2v) is 17.6. The number of benzene rings is 10. The molecule has 4 heteroatoms. The highest BCUT2D eigenvalue weighted by molar-refractivity contribution is 7.27. The van der Waals surface area contributed by atoms with Gasteiger partial charge >= 0.3 is 0 Å². The van der Waals surface area contributed by atoms with Crippen molar-refractivity contribution in [3.63, 3.8) is 0 Å². The van der Waals surface area contributed by atoms with Gasteiger partial charge < -0.3 is 4.57 Å². The van der Waals surface area contributed by atoms with Crippen LogP contribution in [0.3, 0.4) is 0 Å². The highest BCUT2D eigenvalue weighted by Gasteiger charge is 2.18. The molecule has 64 heavy (non-hydrogen) atoms. The zero-order valence-electron chi connectivity index (χ0n) is 34.6. The molecule has 3 heterocycles. The zero-order valence-corrected chi connectivity index (χ0v) is 35.4. The van der Waals surface area contributed by atoms with Crippen molar-refractivity contribution in [3.05, 3.63) is 224 Å². The van der Waals surface area contributed by atoms with Crippen LogP contribution in [0.5, 0.6) is 0 Å². The van der Waals surface area contributed by atoms with Gasteiger partial charge in [-0.3, -0.25) is 0 Å². The first-order chi connectivity index (χ1) is 31.7. The van der Waals surface area contributed by atoms with Crippen molar-refractivity contribution in [2.24, 2.45) is 0 Å². The first kappa shape index (κ1) is 36.5. The van der Waals surface area contributed by atoms with Crippen LogP contribution in [-0.4, -0.2) is 14.5 Å². The summed E-state index contributed by atoms with van der Waals surface area (Å²) in [4.78, 5) is 10.4. The summed E-state index contributed by atoms with van der Waals surface area (Å²) in [6.07, 6.45) is 0. The summed E-state index contributed by atoms with van der Waals surface area (Å²) in [6.45, 7) is 0. The van der Waals surface area contributed by atoms with Gasteiger partial charge in [0.1, 0.15) is 0 Å². The van der Waals surface area contributed by atoms with E-state index in [0.29, 0.717) is 5.82 Å². The molecule has 10 aromatic carbocycles. The number of hydrogen-bond donors (Lipinski definition) is 0. The van der Waals surface area contributed by atoms with E-state index < -0.39 is 0 Å². The third kappa shape index (κ3) is 5.95. The Balaban J connectivity index is 0.874. The van der Waals surface area contributed by atoms with Gasteiger partial charge in [0.05, 0.1) is 22.4 Å². The maximum Gasteiger partial charge on any atom is 0.160 e. The van der Waals surface area contributed by atoms with Gasteiger partial charge in [-0.05, 0) is 80.9 Å². The topological polar surface area (TPSA) is 30.7 Å². The number of fused-ring (bicyclic) bond motifs is 10. The van der Waals surface area contributed by atoms with Gasteiger partial charge in [0.25, 0.3) is 0 Å². The second-order valence-electron chi connectivity index (χ2n) is 16.5. The number of hydrogen-bond acceptors (Lipinski definition) is 3. The largest absolute Gasteiger partial charge is 0.309 e. The average molecular weight is 832 g/mol. The molecule has 0 radical (unpaired) electrons. The van der Waals surface area contributed by atoms with Gasteiger partial charge in [-0.1, -0.05) is 182 Å². The summed E-state index contributed by atoms with van der Waals surface area (Å²) in [6, 6.07) is 80.8. The van der Waals surface area contributed by atoms with Crippen LogP contribution in [0.4, 0.5) is 0 Å². The molecule has 0 spiro atoms. The van der Waals surface area contributed by atoms with Crippen molar-refractivity contribution in [1.29, 1.82) is 0 Å². The normalized spacial score (nSPS) is 11.8. The molecule has 0 aliphatic rings. The number of aromatic nitrogens is 3. The quantitative estimate of drug-likeness (QED) is 0.156. The molecule has 0 aliphatic carbocycles. The summed E-state index contributed by atoms with van der Waals surface area (Å²) >= 11 is 1.90. The van der Waals surface area contributed by atoms with E-state index in [1.807, 2.05) is 29.5 Å². The standard InChI is InChI=1S/C60H37N3S/c1-2-14-43(15-3-1)60-61-52(37-53(62-60)44-16-12-17-46(35-44)63-54-22-9-6-19-48(54)49-20-7-10-23-55(49)63)42-32-27-39(28-33-42)38-25-29-41(30-26-38)51-36-45-34-31-40-13-4-5-18-47(40)57(45)59-58(51)50-21-8-11-24-56(50)64-59/h1-37H. The molecular formula is C60H37N3S. The Hall–Kier alpha value is -8.18. The average Bonchev–Trinajstić information content (AvgIpc) is 3.93. The summed E-state index contributed by atoms with van der Waals surface area (Å²) < 4.78 is 5.02. The highest BCUT2D eigenvalue weighted by atomic mass is 32.1. The van der Waals surface area contributed by atoms with Crippen molar-refractivity contribution >= 4 is 74.9 Å². The molecule has 13 aromatic rings. The number of nitrogens with zero attached hydrogens (tertiary/aromatic N) is 3. The van der Waals surface area contributed by atoms with Crippen LogP contribution in [0.15, 0.2) is 224 Å². The Morgan fingerprint density at radius 1 is 0.344 bits per heavy atom. The molecule has 0 N–H and O–H groups in total. The predicted octanol–water partition coefficient (Wildman–Crippen LogP) is 16.6. The molecule has 298 valence electrons. The lowest BCUT2D eigenvalue weighted by Crippen LogP contribution is -1.97. The summed E-state index contributed by atoms with van der Waals surface area (Å²) in [5, 5.41) is 10.3. The lowest BCUT2D eigenvalue weighted by molar-refractivity contribution is 1.16. The molecule has 13 rings (SSSR count). The van der Waals surface area contributed by atoms with E-state index in [1.54, 1.807) is 0 Å². The van der Waals surface area contributed by atoms with E-state index in [-0.39, 0.29) is 0 Å². The van der Waals surface area contributed by atoms with Crippen LogP contribution in [0.2, 0.25) is 0 Å². The molecule has 0 amide bonds. The third-order valence-electron chi connectivity index (χ3n) is 12.8. The van der Waals surface area contributed by atoms with E-state index in [4.69, 9.17) is 9.97 Å². The summed E-state index contributed by atoms with van der Waals surface area (Å²) in [7, 11) is 0. The predicted molar refractivity (Wildman–Crippen MR) is 271 cm³/mol. The fraction of sp³-hybridized carbons (Fsp3) is 0. The van der Waals surface area contributed by atoms with Gasteiger partial charge in [-0.25, -0.2) is 9.97 Å². The van der Waals surface area contributed by atoms with Crippen molar-refractivity contribution < 1.29 is 0 Å². The van der Waals surface area contributed by atoms with E-state index in [1.165, 1.54) is 80.2 Å². The van der Waals surface area contributed by atoms with E-state index in [9.17, 15) is 0 Å². The van der Waals surface area contributed by atoms with Crippen LogP contribution in [-0.2, 0) is 0 Å². The summed E-state index contributed by atoms with van der Waals surface area (Å²) in [5.41, 5.74) is 13.1. The lowest BCUT2D eigenvalue weighted by Gasteiger charge is -2.13. The van der Waals surface area contributed by atoms with Gasteiger partial charge in [-0.15, -0.1) is 11.3 Å². The number of thiophene rings is 1. The van der Waals surface area contributed by atoms with Crippen LogP contribution in [0, 0.1) is 0 Å². The molecule has 0 saturated carbocycles. The Bertz CT molecular complexity index is 3880. The van der Waals surface area contributed by atoms with Gasteiger partial charge in [0, 0.05) is 58.7 Å². The Kier molecular flexibility index (Phi) is 8.40. The van der Waals surface area contributed by atoms with Crippen LogP contribution in [0.25, 0.3) is 125 Å². The van der Waals surface area contributed by atoms with Crippen molar-refractivity contribution in [1.82, 2.24) is 14.5 Å². The first-order valence-electron chi connectivity index (χ1n) is 21.7. The monoisotopic (exact) mass is 831 g/mol. The molecule has 0 unspecified atom stereocenters. The van der Waals surface area contributed by atoms with Crippen molar-refractivity contribution in [2.75, 3.05) is 0 Å². The molecule has 0 fully saturated rings. The smallest absolute Gasteiger partial charge is 0.160 e. The second kappa shape index (κ2) is 14.7. The first-order valence-corrected chi connectivity index (χ1v) is 22.5. The lowest BCUT2D eigenvalue weighted by atomic mass is 9.92.